The maximum atomic E-state index is 13.0. The Hall–Kier alpha value is -2.91. The molecule has 1 aromatic carbocycles. The minimum atomic E-state index is -3.85. The number of hydrogen-bond acceptors (Lipinski definition) is 5. The third-order valence-corrected chi connectivity index (χ3v) is 5.96. The predicted molar refractivity (Wildman–Crippen MR) is 107 cm³/mol. The van der Waals surface area contributed by atoms with Crippen molar-refractivity contribution in [2.24, 2.45) is 7.05 Å². The molecule has 0 saturated carbocycles. The summed E-state index contributed by atoms with van der Waals surface area (Å²) in [5, 5.41) is 9.53. The number of rotatable bonds is 5. The summed E-state index contributed by atoms with van der Waals surface area (Å²) >= 11 is 5.90. The van der Waals surface area contributed by atoms with Crippen molar-refractivity contribution in [2.45, 2.75) is 18.2 Å². The van der Waals surface area contributed by atoms with Gasteiger partial charge in [0.05, 0.1) is 35.5 Å². The zero-order valence-corrected chi connectivity index (χ0v) is 16.7. The maximum absolute atomic E-state index is 13.0. The molecule has 144 valence electrons. The van der Waals surface area contributed by atoms with Gasteiger partial charge in [-0.1, -0.05) is 30.7 Å². The quantitative estimate of drug-likeness (QED) is 0.504. The fourth-order valence-corrected chi connectivity index (χ4v) is 4.24. The molecule has 4 rings (SSSR count). The number of aromatic nitrogens is 5. The lowest BCUT2D eigenvalue weighted by Crippen LogP contribution is -2.15. The van der Waals surface area contributed by atoms with E-state index >= 15 is 0 Å². The molecule has 0 fully saturated rings. The number of halogens is 1. The Morgan fingerprint density at radius 1 is 1.18 bits per heavy atom. The van der Waals surface area contributed by atoms with Crippen LogP contribution in [0.5, 0.6) is 0 Å². The van der Waals surface area contributed by atoms with Crippen LogP contribution in [0.25, 0.3) is 16.6 Å². The van der Waals surface area contributed by atoms with E-state index in [1.165, 1.54) is 23.3 Å². The molecule has 4 aromatic rings. The van der Waals surface area contributed by atoms with E-state index in [-0.39, 0.29) is 4.90 Å². The van der Waals surface area contributed by atoms with E-state index in [2.05, 4.69) is 19.9 Å². The summed E-state index contributed by atoms with van der Waals surface area (Å²) in [6.45, 7) is 1.97. The molecule has 0 saturated heterocycles. The summed E-state index contributed by atoms with van der Waals surface area (Å²) in [7, 11) is -2.07. The number of nitrogens with one attached hydrogen (secondary N) is 1. The highest BCUT2D eigenvalue weighted by atomic mass is 35.5. The van der Waals surface area contributed by atoms with Gasteiger partial charge in [0.15, 0.2) is 0 Å². The van der Waals surface area contributed by atoms with Gasteiger partial charge in [0.2, 0.25) is 0 Å². The molecular weight excluding hydrogens is 400 g/mol. The Labute approximate surface area is 166 Å². The molecule has 0 aliphatic heterocycles. The van der Waals surface area contributed by atoms with E-state index < -0.39 is 10.0 Å². The second-order valence-electron chi connectivity index (χ2n) is 6.22. The zero-order valence-electron chi connectivity index (χ0n) is 15.2. The summed E-state index contributed by atoms with van der Waals surface area (Å²) in [6.07, 6.45) is 6.64. The maximum Gasteiger partial charge on any atom is 0.265 e. The van der Waals surface area contributed by atoms with Gasteiger partial charge < -0.3 is 0 Å². The number of fused-ring (bicyclic) bond motifs is 1. The number of benzene rings is 1. The molecule has 0 atom stereocenters. The van der Waals surface area contributed by atoms with Crippen molar-refractivity contribution in [1.82, 2.24) is 24.5 Å². The smallest absolute Gasteiger partial charge is 0.265 e. The highest BCUT2D eigenvalue weighted by Gasteiger charge is 2.21. The van der Waals surface area contributed by atoms with Gasteiger partial charge in [0, 0.05) is 24.7 Å². The Morgan fingerprint density at radius 2 is 2.00 bits per heavy atom. The zero-order chi connectivity index (χ0) is 19.9. The van der Waals surface area contributed by atoms with Crippen molar-refractivity contribution in [1.29, 1.82) is 0 Å². The Morgan fingerprint density at radius 3 is 2.75 bits per heavy atom. The predicted octanol–water partition coefficient (Wildman–Crippen LogP) is 3.17. The summed E-state index contributed by atoms with van der Waals surface area (Å²) in [6, 6.07) is 7.13. The normalized spacial score (nSPS) is 11.8. The first kappa shape index (κ1) is 18.5. The van der Waals surface area contributed by atoms with Crippen molar-refractivity contribution in [3.63, 3.8) is 0 Å². The molecule has 3 aromatic heterocycles. The average Bonchev–Trinajstić information content (AvgIpc) is 3.30. The van der Waals surface area contributed by atoms with Gasteiger partial charge in [-0.2, -0.15) is 10.2 Å². The van der Waals surface area contributed by atoms with Crippen LogP contribution < -0.4 is 4.72 Å². The molecule has 8 nitrogen and oxygen atoms in total. The van der Waals surface area contributed by atoms with E-state index in [4.69, 9.17) is 11.6 Å². The lowest BCUT2D eigenvalue weighted by molar-refractivity contribution is 0.601. The van der Waals surface area contributed by atoms with Crippen LogP contribution in [-0.4, -0.2) is 33.0 Å². The van der Waals surface area contributed by atoms with Crippen LogP contribution in [0.4, 0.5) is 5.69 Å². The molecule has 28 heavy (non-hydrogen) atoms. The number of sulfonamides is 1. The molecule has 0 bridgehead atoms. The Balaban J connectivity index is 1.75. The standard InChI is InChI=1S/C18H17ClN6O2S/c1-3-12-4-5-13-9-21-24(2)18(13)17(12)23-28(26,27)15-10-22-25(11-15)14-6-7-20-16(19)8-14/h4-11,23H,3H2,1-2H3. The topological polar surface area (TPSA) is 94.7 Å². The fraction of sp³-hybridized carbons (Fsp3) is 0.167. The van der Waals surface area contributed by atoms with Crippen LogP contribution in [0.15, 0.2) is 53.9 Å². The molecule has 0 aliphatic carbocycles. The van der Waals surface area contributed by atoms with Crippen LogP contribution in [0.3, 0.4) is 0 Å². The van der Waals surface area contributed by atoms with E-state index in [1.807, 2.05) is 19.1 Å². The molecular formula is C18H17ClN6O2S. The van der Waals surface area contributed by atoms with Crippen molar-refractivity contribution in [3.05, 3.63) is 59.8 Å². The number of hydrogen-bond donors (Lipinski definition) is 1. The lowest BCUT2D eigenvalue weighted by Gasteiger charge is -2.13. The van der Waals surface area contributed by atoms with Crippen molar-refractivity contribution in [3.8, 4) is 5.69 Å². The first-order valence-corrected chi connectivity index (χ1v) is 10.4. The first-order valence-electron chi connectivity index (χ1n) is 8.52. The highest BCUT2D eigenvalue weighted by molar-refractivity contribution is 7.92. The summed E-state index contributed by atoms with van der Waals surface area (Å²) in [5.41, 5.74) is 2.76. The lowest BCUT2D eigenvalue weighted by atomic mass is 10.1. The van der Waals surface area contributed by atoms with Gasteiger partial charge in [-0.05, 0) is 18.1 Å². The summed E-state index contributed by atoms with van der Waals surface area (Å²) in [5.74, 6) is 0. The summed E-state index contributed by atoms with van der Waals surface area (Å²) in [4.78, 5) is 3.96. The van der Waals surface area contributed by atoms with Gasteiger partial charge in [0.1, 0.15) is 10.0 Å². The highest BCUT2D eigenvalue weighted by Crippen LogP contribution is 2.30. The minimum absolute atomic E-state index is 0.0432. The van der Waals surface area contributed by atoms with Crippen LogP contribution >= 0.6 is 11.6 Å². The van der Waals surface area contributed by atoms with Gasteiger partial charge >= 0.3 is 0 Å². The largest absolute Gasteiger partial charge is 0.277 e. The molecule has 1 N–H and O–H groups in total. The number of aryl methyl sites for hydroxylation is 2. The Bertz CT molecular complexity index is 1280. The average molecular weight is 417 g/mol. The van der Waals surface area contributed by atoms with Gasteiger partial charge in [-0.25, -0.2) is 18.1 Å². The van der Waals surface area contributed by atoms with E-state index in [0.29, 0.717) is 22.9 Å². The van der Waals surface area contributed by atoms with Gasteiger partial charge in [0.25, 0.3) is 10.0 Å². The molecule has 0 unspecified atom stereocenters. The molecule has 3 heterocycles. The number of nitrogens with zero attached hydrogens (tertiary/aromatic N) is 5. The van der Waals surface area contributed by atoms with Crippen LogP contribution in [0.2, 0.25) is 5.15 Å². The Kier molecular flexibility index (Phi) is 4.56. The number of anilines is 1. The minimum Gasteiger partial charge on any atom is -0.277 e. The fourth-order valence-electron chi connectivity index (χ4n) is 3.03. The van der Waals surface area contributed by atoms with Crippen LogP contribution in [0, 0.1) is 0 Å². The van der Waals surface area contributed by atoms with E-state index in [1.54, 1.807) is 30.1 Å². The van der Waals surface area contributed by atoms with Gasteiger partial charge in [-0.3, -0.25) is 9.40 Å². The van der Waals surface area contributed by atoms with Crippen LogP contribution in [0.1, 0.15) is 12.5 Å². The monoisotopic (exact) mass is 416 g/mol. The molecule has 0 aliphatic rings. The second kappa shape index (κ2) is 6.92. The van der Waals surface area contributed by atoms with Gasteiger partial charge in [-0.15, -0.1) is 0 Å². The van der Waals surface area contributed by atoms with E-state index in [9.17, 15) is 8.42 Å². The van der Waals surface area contributed by atoms with Crippen molar-refractivity contribution in [2.75, 3.05) is 4.72 Å². The molecule has 0 amide bonds. The first-order chi connectivity index (χ1) is 13.4. The third kappa shape index (κ3) is 3.23. The van der Waals surface area contributed by atoms with Crippen LogP contribution in [-0.2, 0) is 23.5 Å². The number of pyridine rings is 1. The molecule has 0 radical (unpaired) electrons. The molecule has 10 heteroatoms. The van der Waals surface area contributed by atoms with E-state index in [0.717, 1.165) is 16.5 Å². The van der Waals surface area contributed by atoms with Crippen molar-refractivity contribution >= 4 is 38.2 Å². The SMILES string of the molecule is CCc1ccc2cnn(C)c2c1NS(=O)(=O)c1cnn(-c2ccnc(Cl)c2)c1. The second-order valence-corrected chi connectivity index (χ2v) is 8.29. The summed E-state index contributed by atoms with van der Waals surface area (Å²) < 4.78 is 31.9. The third-order valence-electron chi connectivity index (χ3n) is 4.45. The van der Waals surface area contributed by atoms with Crippen molar-refractivity contribution < 1.29 is 8.42 Å². The molecule has 0 spiro atoms.